The molecule has 0 saturated heterocycles. The monoisotopic (exact) mass is 128 g/mol. The van der Waals surface area contributed by atoms with Gasteiger partial charge in [0.2, 0.25) is 0 Å². The maximum absolute atomic E-state index is 8.01. The Morgan fingerprint density at radius 1 is 1.33 bits per heavy atom. The smallest absolute Gasteiger partial charge is 0.176 e. The normalized spacial score (nSPS) is 8.44. The summed E-state index contributed by atoms with van der Waals surface area (Å²) < 4.78 is 0. The van der Waals surface area contributed by atoms with Crippen LogP contribution in [0.2, 0.25) is 0 Å². The standard InChI is InChI=1S/C5H12N4/c6-1-2-8-3-4-9-5-7/h8-9H,1-4,6H2. The first-order chi connectivity index (χ1) is 4.41. The van der Waals surface area contributed by atoms with Gasteiger partial charge in [0, 0.05) is 26.2 Å². The Hall–Kier alpha value is -0.790. The molecule has 0 saturated carbocycles. The molecule has 9 heavy (non-hydrogen) atoms. The molecule has 0 atom stereocenters. The van der Waals surface area contributed by atoms with E-state index in [4.69, 9.17) is 11.0 Å². The minimum atomic E-state index is 0.645. The highest BCUT2D eigenvalue weighted by atomic mass is 14.9. The van der Waals surface area contributed by atoms with Crippen molar-refractivity contribution in [3.8, 4) is 6.19 Å². The fourth-order valence-corrected chi connectivity index (χ4v) is 0.434. The number of rotatable bonds is 5. The fraction of sp³-hybridized carbons (Fsp3) is 0.800. The van der Waals surface area contributed by atoms with E-state index in [-0.39, 0.29) is 0 Å². The van der Waals surface area contributed by atoms with Crippen LogP contribution in [-0.4, -0.2) is 26.2 Å². The second-order valence-corrected chi connectivity index (χ2v) is 1.58. The molecule has 0 heterocycles. The molecule has 0 spiro atoms. The predicted molar refractivity (Wildman–Crippen MR) is 35.5 cm³/mol. The van der Waals surface area contributed by atoms with E-state index in [1.54, 1.807) is 0 Å². The highest BCUT2D eigenvalue weighted by Crippen LogP contribution is 1.54. The molecule has 0 aromatic rings. The number of nitrogens with one attached hydrogen (secondary N) is 2. The summed E-state index contributed by atoms with van der Waals surface area (Å²) in [6.45, 7) is 2.93. The van der Waals surface area contributed by atoms with E-state index in [1.165, 1.54) is 0 Å². The second-order valence-electron chi connectivity index (χ2n) is 1.58. The summed E-state index contributed by atoms with van der Waals surface area (Å²) in [5.74, 6) is 0. The summed E-state index contributed by atoms with van der Waals surface area (Å²) in [5.41, 5.74) is 5.20. The summed E-state index contributed by atoms with van der Waals surface area (Å²) in [5, 5.41) is 13.5. The van der Waals surface area contributed by atoms with Crippen molar-refractivity contribution in [2.75, 3.05) is 26.2 Å². The van der Waals surface area contributed by atoms with Gasteiger partial charge < -0.3 is 16.4 Å². The summed E-state index contributed by atoms with van der Waals surface area (Å²) in [6, 6.07) is 0. The van der Waals surface area contributed by atoms with Gasteiger partial charge in [-0.05, 0) is 0 Å². The maximum atomic E-state index is 8.01. The third-order valence-electron chi connectivity index (χ3n) is 0.827. The van der Waals surface area contributed by atoms with Crippen LogP contribution < -0.4 is 16.4 Å². The number of nitriles is 1. The molecule has 0 aliphatic carbocycles. The summed E-state index contributed by atoms with van der Waals surface area (Å²) in [4.78, 5) is 0. The Balaban J connectivity index is 2.69. The fourth-order valence-electron chi connectivity index (χ4n) is 0.434. The SMILES string of the molecule is N#CNCCNCCN. The molecule has 0 radical (unpaired) electrons. The molecule has 52 valence electrons. The Morgan fingerprint density at radius 3 is 2.67 bits per heavy atom. The Morgan fingerprint density at radius 2 is 2.11 bits per heavy atom. The average molecular weight is 128 g/mol. The van der Waals surface area contributed by atoms with Crippen LogP contribution in [0.4, 0.5) is 0 Å². The molecule has 0 bridgehead atoms. The lowest BCUT2D eigenvalue weighted by molar-refractivity contribution is 0.669. The van der Waals surface area contributed by atoms with Crippen LogP contribution in [0.25, 0.3) is 0 Å². The van der Waals surface area contributed by atoms with Gasteiger partial charge in [0.25, 0.3) is 0 Å². The molecule has 0 aromatic heterocycles. The molecular weight excluding hydrogens is 116 g/mol. The highest BCUT2D eigenvalue weighted by Gasteiger charge is 1.81. The van der Waals surface area contributed by atoms with Crippen molar-refractivity contribution < 1.29 is 0 Å². The average Bonchev–Trinajstić information content (AvgIpc) is 1.89. The molecule has 4 N–H and O–H groups in total. The van der Waals surface area contributed by atoms with Gasteiger partial charge >= 0.3 is 0 Å². The summed E-state index contributed by atoms with van der Waals surface area (Å²) >= 11 is 0. The minimum Gasteiger partial charge on any atom is -0.329 e. The van der Waals surface area contributed by atoms with E-state index >= 15 is 0 Å². The zero-order valence-corrected chi connectivity index (χ0v) is 5.35. The van der Waals surface area contributed by atoms with Crippen LogP contribution >= 0.6 is 0 Å². The number of nitrogens with two attached hydrogens (primary N) is 1. The van der Waals surface area contributed by atoms with Gasteiger partial charge in [0.15, 0.2) is 6.19 Å². The molecule has 0 fully saturated rings. The Bertz CT molecular complexity index is 85.4. The molecule has 0 amide bonds. The van der Waals surface area contributed by atoms with Crippen LogP contribution in [0.3, 0.4) is 0 Å². The van der Waals surface area contributed by atoms with Crippen molar-refractivity contribution in [1.82, 2.24) is 10.6 Å². The third kappa shape index (κ3) is 7.21. The largest absolute Gasteiger partial charge is 0.329 e. The lowest BCUT2D eigenvalue weighted by Crippen LogP contribution is -2.28. The van der Waals surface area contributed by atoms with E-state index in [9.17, 15) is 0 Å². The first-order valence-electron chi connectivity index (χ1n) is 2.94. The van der Waals surface area contributed by atoms with E-state index in [0.29, 0.717) is 13.1 Å². The van der Waals surface area contributed by atoms with Gasteiger partial charge in [-0.15, -0.1) is 0 Å². The lowest BCUT2D eigenvalue weighted by atomic mass is 10.5. The molecular formula is C5H12N4. The Kier molecular flexibility index (Phi) is 6.58. The van der Waals surface area contributed by atoms with Gasteiger partial charge in [0.1, 0.15) is 0 Å². The molecule has 0 aliphatic heterocycles. The quantitative estimate of drug-likeness (QED) is 0.242. The highest BCUT2D eigenvalue weighted by molar-refractivity contribution is 4.64. The lowest BCUT2D eigenvalue weighted by Gasteiger charge is -1.98. The van der Waals surface area contributed by atoms with Crippen molar-refractivity contribution in [1.29, 1.82) is 5.26 Å². The van der Waals surface area contributed by atoms with E-state index in [1.807, 2.05) is 6.19 Å². The van der Waals surface area contributed by atoms with Crippen LogP contribution in [0.1, 0.15) is 0 Å². The van der Waals surface area contributed by atoms with Crippen LogP contribution in [-0.2, 0) is 0 Å². The van der Waals surface area contributed by atoms with Crippen molar-refractivity contribution in [2.24, 2.45) is 5.73 Å². The minimum absolute atomic E-state index is 0.645. The van der Waals surface area contributed by atoms with E-state index < -0.39 is 0 Å². The topological polar surface area (TPSA) is 73.9 Å². The zero-order valence-electron chi connectivity index (χ0n) is 5.35. The molecule has 0 rings (SSSR count). The first-order valence-corrected chi connectivity index (χ1v) is 2.94. The molecule has 0 unspecified atom stereocenters. The van der Waals surface area contributed by atoms with Crippen LogP contribution in [0.15, 0.2) is 0 Å². The second kappa shape index (κ2) is 7.21. The van der Waals surface area contributed by atoms with Crippen molar-refractivity contribution in [2.45, 2.75) is 0 Å². The van der Waals surface area contributed by atoms with E-state index in [2.05, 4.69) is 10.6 Å². The maximum Gasteiger partial charge on any atom is 0.176 e. The van der Waals surface area contributed by atoms with Crippen molar-refractivity contribution in [3.05, 3.63) is 0 Å². The molecule has 4 nitrogen and oxygen atoms in total. The number of hydrogen-bond donors (Lipinski definition) is 3. The predicted octanol–water partition coefficient (Wildman–Crippen LogP) is -1.39. The number of hydrogen-bond acceptors (Lipinski definition) is 4. The number of nitrogens with zero attached hydrogens (tertiary/aromatic N) is 1. The summed E-state index contributed by atoms with van der Waals surface area (Å²) in [6.07, 6.45) is 1.82. The molecule has 0 aromatic carbocycles. The first kappa shape index (κ1) is 8.21. The summed E-state index contributed by atoms with van der Waals surface area (Å²) in [7, 11) is 0. The van der Waals surface area contributed by atoms with Gasteiger partial charge in [-0.2, -0.15) is 5.26 Å². The van der Waals surface area contributed by atoms with Gasteiger partial charge in [-0.3, -0.25) is 0 Å². The van der Waals surface area contributed by atoms with Gasteiger partial charge in [0.05, 0.1) is 0 Å². The molecule has 0 aliphatic rings. The van der Waals surface area contributed by atoms with E-state index in [0.717, 1.165) is 13.1 Å². The molecule has 4 heteroatoms. The van der Waals surface area contributed by atoms with Gasteiger partial charge in [-0.1, -0.05) is 0 Å². The Labute approximate surface area is 55.0 Å². The third-order valence-corrected chi connectivity index (χ3v) is 0.827. The van der Waals surface area contributed by atoms with Gasteiger partial charge in [-0.25, -0.2) is 0 Å². The van der Waals surface area contributed by atoms with Crippen molar-refractivity contribution in [3.63, 3.8) is 0 Å². The van der Waals surface area contributed by atoms with Crippen LogP contribution in [0, 0.1) is 11.5 Å². The van der Waals surface area contributed by atoms with Crippen molar-refractivity contribution >= 4 is 0 Å². The zero-order chi connectivity index (χ0) is 6.95. The van der Waals surface area contributed by atoms with Crippen LogP contribution in [0.5, 0.6) is 0 Å².